The predicted octanol–water partition coefficient (Wildman–Crippen LogP) is 4.37. The standard InChI is InChI=1S/C14H27FO2S/c1-4-6-9-13(14(16)17-10-5-2)18-11-7-8-12(3)15/h12-13H,4-11H2,1-3H3. The van der Waals surface area contributed by atoms with Crippen LogP contribution in [-0.4, -0.2) is 29.8 Å². The summed E-state index contributed by atoms with van der Waals surface area (Å²) in [5, 5.41) is -0.0635. The molecule has 0 aromatic carbocycles. The highest BCUT2D eigenvalue weighted by Gasteiger charge is 2.19. The maximum Gasteiger partial charge on any atom is 0.319 e. The number of thioether (sulfide) groups is 1. The molecule has 0 spiro atoms. The zero-order valence-electron chi connectivity index (χ0n) is 11.9. The Labute approximate surface area is 115 Å². The van der Waals surface area contributed by atoms with E-state index in [2.05, 4.69) is 6.92 Å². The van der Waals surface area contributed by atoms with E-state index in [1.807, 2.05) is 6.92 Å². The number of hydrogen-bond acceptors (Lipinski definition) is 3. The van der Waals surface area contributed by atoms with E-state index in [4.69, 9.17) is 4.74 Å². The quantitative estimate of drug-likeness (QED) is 0.415. The summed E-state index contributed by atoms with van der Waals surface area (Å²) in [6.07, 6.45) is 4.51. The number of esters is 1. The van der Waals surface area contributed by atoms with E-state index in [1.165, 1.54) is 0 Å². The summed E-state index contributed by atoms with van der Waals surface area (Å²) >= 11 is 1.62. The van der Waals surface area contributed by atoms with E-state index in [9.17, 15) is 9.18 Å². The Hall–Kier alpha value is -0.250. The third-order valence-electron chi connectivity index (χ3n) is 2.60. The number of carbonyl (C=O) groups is 1. The van der Waals surface area contributed by atoms with Gasteiger partial charge in [-0.25, -0.2) is 4.39 Å². The second kappa shape index (κ2) is 11.8. The molecule has 2 nitrogen and oxygen atoms in total. The molecule has 0 saturated heterocycles. The number of rotatable bonds is 11. The average molecular weight is 278 g/mol. The van der Waals surface area contributed by atoms with Crippen molar-refractivity contribution in [3.05, 3.63) is 0 Å². The molecule has 0 fully saturated rings. The first-order valence-corrected chi connectivity index (χ1v) is 8.09. The fourth-order valence-corrected chi connectivity index (χ4v) is 2.70. The van der Waals surface area contributed by atoms with Gasteiger partial charge in [0.25, 0.3) is 0 Å². The van der Waals surface area contributed by atoms with Crippen LogP contribution in [0.25, 0.3) is 0 Å². The highest BCUT2D eigenvalue weighted by Crippen LogP contribution is 2.21. The minimum absolute atomic E-state index is 0.0635. The molecule has 0 saturated carbocycles. The van der Waals surface area contributed by atoms with Crippen LogP contribution < -0.4 is 0 Å². The normalized spacial score (nSPS) is 14.2. The van der Waals surface area contributed by atoms with Gasteiger partial charge in [0, 0.05) is 0 Å². The van der Waals surface area contributed by atoms with Crippen molar-refractivity contribution < 1.29 is 13.9 Å². The SMILES string of the molecule is CCCCC(SCCCC(C)F)C(=O)OCCC. The van der Waals surface area contributed by atoms with Crippen molar-refractivity contribution in [1.29, 1.82) is 0 Å². The van der Waals surface area contributed by atoms with Gasteiger partial charge in [-0.2, -0.15) is 0 Å². The number of halogens is 1. The van der Waals surface area contributed by atoms with Crippen molar-refractivity contribution in [1.82, 2.24) is 0 Å². The van der Waals surface area contributed by atoms with Crippen molar-refractivity contribution in [2.24, 2.45) is 0 Å². The molecule has 0 bridgehead atoms. The van der Waals surface area contributed by atoms with Crippen LogP contribution in [0.1, 0.15) is 59.3 Å². The summed E-state index contributed by atoms with van der Waals surface area (Å²) < 4.78 is 17.8. The van der Waals surface area contributed by atoms with Crippen LogP contribution in [0.3, 0.4) is 0 Å². The molecule has 0 aromatic rings. The summed E-state index contributed by atoms with van der Waals surface area (Å²) in [5.74, 6) is 0.743. The van der Waals surface area contributed by atoms with Crippen LogP contribution in [0.5, 0.6) is 0 Å². The Morgan fingerprint density at radius 1 is 1.22 bits per heavy atom. The molecule has 0 aliphatic rings. The first kappa shape index (κ1) is 17.8. The Balaban J connectivity index is 3.93. The maximum atomic E-state index is 12.7. The molecular formula is C14H27FO2S. The van der Waals surface area contributed by atoms with Gasteiger partial charge < -0.3 is 4.74 Å². The minimum atomic E-state index is -0.744. The predicted molar refractivity (Wildman–Crippen MR) is 76.8 cm³/mol. The second-order valence-corrected chi connectivity index (χ2v) is 5.90. The third-order valence-corrected chi connectivity index (χ3v) is 3.95. The van der Waals surface area contributed by atoms with E-state index in [-0.39, 0.29) is 11.2 Å². The van der Waals surface area contributed by atoms with Gasteiger partial charge in [-0.3, -0.25) is 4.79 Å². The summed E-state index contributed by atoms with van der Waals surface area (Å²) in [7, 11) is 0. The Morgan fingerprint density at radius 2 is 1.94 bits per heavy atom. The van der Waals surface area contributed by atoms with Crippen LogP contribution in [0, 0.1) is 0 Å². The second-order valence-electron chi connectivity index (χ2n) is 4.59. The number of hydrogen-bond donors (Lipinski definition) is 0. The minimum Gasteiger partial charge on any atom is -0.465 e. The third kappa shape index (κ3) is 9.75. The largest absolute Gasteiger partial charge is 0.465 e. The van der Waals surface area contributed by atoms with Gasteiger partial charge in [-0.05, 0) is 38.4 Å². The number of unbranched alkanes of at least 4 members (excludes halogenated alkanes) is 1. The summed E-state index contributed by atoms with van der Waals surface area (Å²) in [6, 6.07) is 0. The fourth-order valence-electron chi connectivity index (χ4n) is 1.54. The van der Waals surface area contributed by atoms with Gasteiger partial charge in [0.1, 0.15) is 5.25 Å². The number of alkyl halides is 1. The molecule has 0 aliphatic carbocycles. The lowest BCUT2D eigenvalue weighted by Gasteiger charge is -2.15. The van der Waals surface area contributed by atoms with E-state index in [1.54, 1.807) is 18.7 Å². The van der Waals surface area contributed by atoms with Gasteiger partial charge in [-0.15, -0.1) is 11.8 Å². The molecule has 0 aromatic heterocycles. The zero-order valence-corrected chi connectivity index (χ0v) is 12.7. The first-order valence-electron chi connectivity index (χ1n) is 7.04. The van der Waals surface area contributed by atoms with Crippen LogP contribution in [0.15, 0.2) is 0 Å². The molecule has 4 heteroatoms. The molecule has 0 radical (unpaired) electrons. The first-order chi connectivity index (χ1) is 8.61. The molecule has 0 rings (SSSR count). The van der Waals surface area contributed by atoms with E-state index >= 15 is 0 Å². The molecule has 18 heavy (non-hydrogen) atoms. The topological polar surface area (TPSA) is 26.3 Å². The Morgan fingerprint density at radius 3 is 2.50 bits per heavy atom. The van der Waals surface area contributed by atoms with Crippen molar-refractivity contribution >= 4 is 17.7 Å². The molecule has 0 amide bonds. The number of carbonyl (C=O) groups excluding carboxylic acids is 1. The molecule has 2 unspecified atom stereocenters. The molecule has 0 heterocycles. The Bertz CT molecular complexity index is 210. The van der Waals surface area contributed by atoms with Crippen molar-refractivity contribution in [3.8, 4) is 0 Å². The van der Waals surface area contributed by atoms with E-state index in [0.29, 0.717) is 13.0 Å². The highest BCUT2D eigenvalue weighted by molar-refractivity contribution is 8.00. The van der Waals surface area contributed by atoms with Gasteiger partial charge in [-0.1, -0.05) is 26.7 Å². The molecule has 108 valence electrons. The van der Waals surface area contributed by atoms with Gasteiger partial charge in [0.2, 0.25) is 0 Å². The average Bonchev–Trinajstić information content (AvgIpc) is 2.34. The number of ether oxygens (including phenoxy) is 1. The van der Waals surface area contributed by atoms with Crippen molar-refractivity contribution in [2.45, 2.75) is 70.7 Å². The Kier molecular flexibility index (Phi) is 11.7. The lowest BCUT2D eigenvalue weighted by molar-refractivity contribution is -0.143. The molecular weight excluding hydrogens is 251 g/mol. The summed E-state index contributed by atoms with van der Waals surface area (Å²) in [6.45, 7) is 6.19. The maximum absolute atomic E-state index is 12.7. The van der Waals surface area contributed by atoms with Crippen LogP contribution in [-0.2, 0) is 9.53 Å². The molecule has 2 atom stereocenters. The van der Waals surface area contributed by atoms with Crippen LogP contribution >= 0.6 is 11.8 Å². The summed E-state index contributed by atoms with van der Waals surface area (Å²) in [5.41, 5.74) is 0. The van der Waals surface area contributed by atoms with Gasteiger partial charge in [0.05, 0.1) is 12.8 Å². The monoisotopic (exact) mass is 278 g/mol. The van der Waals surface area contributed by atoms with Crippen molar-refractivity contribution in [3.63, 3.8) is 0 Å². The fraction of sp³-hybridized carbons (Fsp3) is 0.929. The molecule has 0 aliphatic heterocycles. The molecule has 0 N–H and O–H groups in total. The van der Waals surface area contributed by atoms with Crippen LogP contribution in [0.2, 0.25) is 0 Å². The lowest BCUT2D eigenvalue weighted by Crippen LogP contribution is -2.21. The smallest absolute Gasteiger partial charge is 0.319 e. The summed E-state index contributed by atoms with van der Waals surface area (Å²) in [4.78, 5) is 11.8. The van der Waals surface area contributed by atoms with Gasteiger partial charge in [0.15, 0.2) is 0 Å². The highest BCUT2D eigenvalue weighted by atomic mass is 32.2. The van der Waals surface area contributed by atoms with E-state index in [0.717, 1.165) is 37.9 Å². The van der Waals surface area contributed by atoms with Crippen LogP contribution in [0.4, 0.5) is 4.39 Å². The van der Waals surface area contributed by atoms with E-state index < -0.39 is 6.17 Å². The van der Waals surface area contributed by atoms with Crippen molar-refractivity contribution in [2.75, 3.05) is 12.4 Å². The van der Waals surface area contributed by atoms with Gasteiger partial charge >= 0.3 is 5.97 Å². The zero-order chi connectivity index (χ0) is 13.8. The lowest BCUT2D eigenvalue weighted by atomic mass is 10.2.